The molecule has 5 nitrogen and oxygen atoms in total. The molecule has 0 unspecified atom stereocenters. The first-order valence-corrected chi connectivity index (χ1v) is 12.5. The van der Waals surface area contributed by atoms with Gasteiger partial charge in [-0.25, -0.2) is 0 Å². The second-order valence-corrected chi connectivity index (χ2v) is 11.5. The quantitative estimate of drug-likeness (QED) is 0.381. The van der Waals surface area contributed by atoms with Gasteiger partial charge in [0.05, 0.1) is 27.1 Å². The Bertz CT molecular complexity index is 1060. The molecule has 1 fully saturated rings. The molecule has 0 aromatic heterocycles. The van der Waals surface area contributed by atoms with Crippen LogP contribution in [-0.2, 0) is 20.7 Å². The largest absolute Gasteiger partial charge is 0.501 e. The minimum absolute atomic E-state index is 0.0987. The molecule has 35 heavy (non-hydrogen) atoms. The summed E-state index contributed by atoms with van der Waals surface area (Å²) in [5, 5.41) is 0. The Labute approximate surface area is 210 Å². The fourth-order valence-electron chi connectivity index (χ4n) is 6.59. The summed E-state index contributed by atoms with van der Waals surface area (Å²) in [6, 6.07) is 3.95. The molecule has 2 aliphatic carbocycles. The molecule has 0 spiro atoms. The van der Waals surface area contributed by atoms with Crippen LogP contribution < -0.4 is 9.47 Å². The van der Waals surface area contributed by atoms with Crippen LogP contribution in [0.3, 0.4) is 0 Å². The van der Waals surface area contributed by atoms with Gasteiger partial charge in [0.25, 0.3) is 0 Å². The molecule has 0 amide bonds. The maximum atomic E-state index is 13.3. The van der Waals surface area contributed by atoms with Gasteiger partial charge in [0.1, 0.15) is 17.3 Å². The van der Waals surface area contributed by atoms with Gasteiger partial charge in [-0.3, -0.25) is 9.59 Å². The van der Waals surface area contributed by atoms with Crippen LogP contribution >= 0.6 is 0 Å². The number of benzene rings is 1. The molecule has 2 aliphatic rings. The molecule has 0 saturated heterocycles. The van der Waals surface area contributed by atoms with Crippen molar-refractivity contribution in [2.75, 3.05) is 21.3 Å². The zero-order valence-electron chi connectivity index (χ0n) is 23.0. The highest BCUT2D eigenvalue weighted by Gasteiger charge is 2.65. The maximum absolute atomic E-state index is 13.3. The van der Waals surface area contributed by atoms with E-state index >= 15 is 0 Å². The molecular formula is C30H42O5. The van der Waals surface area contributed by atoms with Crippen molar-refractivity contribution in [2.24, 2.45) is 22.2 Å². The van der Waals surface area contributed by atoms with E-state index in [0.29, 0.717) is 25.7 Å². The van der Waals surface area contributed by atoms with Crippen LogP contribution in [0.15, 0.2) is 35.6 Å². The van der Waals surface area contributed by atoms with Crippen LogP contribution in [0.1, 0.15) is 71.4 Å². The highest BCUT2D eigenvalue weighted by atomic mass is 16.5. The third-order valence-electron chi connectivity index (χ3n) is 9.22. The topological polar surface area (TPSA) is 61.8 Å². The first-order valence-electron chi connectivity index (χ1n) is 12.5. The van der Waals surface area contributed by atoms with E-state index < -0.39 is 0 Å². The number of carbonyl (C=O) groups is 2. The molecule has 0 radical (unpaired) electrons. The van der Waals surface area contributed by atoms with E-state index in [9.17, 15) is 9.59 Å². The molecule has 192 valence electrons. The fourth-order valence-corrected chi connectivity index (χ4v) is 6.59. The van der Waals surface area contributed by atoms with Crippen LogP contribution in [0.25, 0.3) is 0 Å². The Hall–Kier alpha value is -2.56. The molecule has 3 atom stereocenters. The van der Waals surface area contributed by atoms with E-state index in [1.807, 2.05) is 26.0 Å². The van der Waals surface area contributed by atoms with Gasteiger partial charge in [-0.2, -0.15) is 0 Å². The van der Waals surface area contributed by atoms with E-state index in [0.717, 1.165) is 40.4 Å². The van der Waals surface area contributed by atoms with Crippen molar-refractivity contribution >= 4 is 11.6 Å². The zero-order valence-corrected chi connectivity index (χ0v) is 23.0. The lowest BCUT2D eigenvalue weighted by molar-refractivity contribution is -0.123. The van der Waals surface area contributed by atoms with Gasteiger partial charge in [0.2, 0.25) is 0 Å². The van der Waals surface area contributed by atoms with Crippen LogP contribution in [-0.4, -0.2) is 32.9 Å². The standard InChI is InChI=1S/C30H42O5/c1-19(10-11-21-14-23(33-7)13-20(2)27(21)35-9)12-22(31)16-29(5)18-25-26(32)15-24(34-8)17-30(29,6)28(25,3)4/h10,13-15,25H,11-12,16-18H2,1-9H3/b19-10+/t25-,29+,30+/m0/s1. The molecule has 0 aliphatic heterocycles. The second kappa shape index (κ2) is 9.83. The van der Waals surface area contributed by atoms with E-state index in [1.54, 1.807) is 27.4 Å². The number of Topliss-reactive ketones (excluding diaryl/α,β-unsaturated/α-hetero) is 1. The summed E-state index contributed by atoms with van der Waals surface area (Å²) in [6.07, 6.45) is 6.73. The van der Waals surface area contributed by atoms with Crippen molar-refractivity contribution in [3.8, 4) is 11.5 Å². The lowest BCUT2D eigenvalue weighted by Gasteiger charge is -2.48. The predicted molar refractivity (Wildman–Crippen MR) is 139 cm³/mol. The first-order chi connectivity index (χ1) is 16.3. The van der Waals surface area contributed by atoms with Gasteiger partial charge in [0.15, 0.2) is 5.78 Å². The summed E-state index contributed by atoms with van der Waals surface area (Å²) in [5.74, 6) is 2.62. The molecule has 0 heterocycles. The van der Waals surface area contributed by atoms with Crippen molar-refractivity contribution in [3.63, 3.8) is 0 Å². The number of carbonyl (C=O) groups excluding carboxylic acids is 2. The Kier molecular flexibility index (Phi) is 7.59. The van der Waals surface area contributed by atoms with Crippen molar-refractivity contribution in [1.29, 1.82) is 0 Å². The third kappa shape index (κ3) is 4.79. The number of methoxy groups -OCH3 is 3. The Morgan fingerprint density at radius 3 is 2.37 bits per heavy atom. The molecule has 2 bridgehead atoms. The van der Waals surface area contributed by atoms with Crippen molar-refractivity contribution in [3.05, 3.63) is 46.7 Å². The van der Waals surface area contributed by atoms with Gasteiger partial charge in [-0.05, 0) is 60.6 Å². The average molecular weight is 483 g/mol. The fraction of sp³-hybridized carbons (Fsp3) is 0.600. The van der Waals surface area contributed by atoms with Crippen molar-refractivity contribution in [1.82, 2.24) is 0 Å². The smallest absolute Gasteiger partial charge is 0.162 e. The van der Waals surface area contributed by atoms with Crippen LogP contribution in [0.2, 0.25) is 0 Å². The van der Waals surface area contributed by atoms with Crippen molar-refractivity contribution in [2.45, 2.75) is 73.6 Å². The van der Waals surface area contributed by atoms with Gasteiger partial charge in [-0.1, -0.05) is 39.3 Å². The summed E-state index contributed by atoms with van der Waals surface area (Å²) in [6.45, 7) is 12.8. The Morgan fingerprint density at radius 2 is 1.77 bits per heavy atom. The first kappa shape index (κ1) is 27.0. The van der Waals surface area contributed by atoms with Gasteiger partial charge in [-0.15, -0.1) is 0 Å². The molecule has 0 N–H and O–H groups in total. The lowest BCUT2D eigenvalue weighted by atomic mass is 9.55. The van der Waals surface area contributed by atoms with E-state index in [1.165, 1.54) is 0 Å². The number of ether oxygens (including phenoxy) is 3. The van der Waals surface area contributed by atoms with Gasteiger partial charge in [0, 0.05) is 36.8 Å². The summed E-state index contributed by atoms with van der Waals surface area (Å²) >= 11 is 0. The van der Waals surface area contributed by atoms with E-state index in [-0.39, 0.29) is 33.7 Å². The predicted octanol–water partition coefficient (Wildman–Crippen LogP) is 6.41. The molecule has 5 heteroatoms. The Balaban J connectivity index is 1.77. The number of allylic oxidation sites excluding steroid dienone is 4. The van der Waals surface area contributed by atoms with Crippen LogP contribution in [0.4, 0.5) is 0 Å². The van der Waals surface area contributed by atoms with Gasteiger partial charge < -0.3 is 14.2 Å². The minimum Gasteiger partial charge on any atom is -0.501 e. The summed E-state index contributed by atoms with van der Waals surface area (Å²) in [4.78, 5) is 26.4. The molecule has 3 rings (SSSR count). The molecule has 1 saturated carbocycles. The van der Waals surface area contributed by atoms with Crippen LogP contribution in [0, 0.1) is 29.1 Å². The number of aryl methyl sites for hydroxylation is 1. The highest BCUT2D eigenvalue weighted by molar-refractivity contribution is 5.94. The average Bonchev–Trinajstić information content (AvgIpc) is 2.88. The van der Waals surface area contributed by atoms with Gasteiger partial charge >= 0.3 is 0 Å². The number of rotatable bonds is 9. The Morgan fingerprint density at radius 1 is 1.09 bits per heavy atom. The second-order valence-electron chi connectivity index (χ2n) is 11.5. The SMILES string of the molecule is COC1=CC(=O)[C@@H]2C[C@@](C)(CC(=O)C/C(C)=C/Cc3cc(OC)cc(C)c3OC)[C@](C)(C1)C2(C)C. The lowest BCUT2D eigenvalue weighted by Crippen LogP contribution is -2.43. The number of hydrogen-bond acceptors (Lipinski definition) is 5. The van der Waals surface area contributed by atoms with Crippen LogP contribution in [0.5, 0.6) is 11.5 Å². The van der Waals surface area contributed by atoms with E-state index in [2.05, 4.69) is 33.8 Å². The zero-order chi connectivity index (χ0) is 26.2. The highest BCUT2D eigenvalue weighted by Crippen LogP contribution is 2.70. The van der Waals surface area contributed by atoms with E-state index in [4.69, 9.17) is 14.2 Å². The summed E-state index contributed by atoms with van der Waals surface area (Å²) in [7, 11) is 4.96. The molecule has 1 aromatic carbocycles. The maximum Gasteiger partial charge on any atom is 0.162 e. The van der Waals surface area contributed by atoms with Crippen molar-refractivity contribution < 1.29 is 23.8 Å². The summed E-state index contributed by atoms with van der Waals surface area (Å²) < 4.78 is 16.6. The number of fused-ring (bicyclic) bond motifs is 2. The number of hydrogen-bond donors (Lipinski definition) is 0. The summed E-state index contributed by atoms with van der Waals surface area (Å²) in [5.41, 5.74) is 2.38. The molecule has 1 aromatic rings. The third-order valence-corrected chi connectivity index (χ3v) is 9.22. The minimum atomic E-state index is -0.278. The monoisotopic (exact) mass is 482 g/mol. The number of ketones is 2. The normalized spacial score (nSPS) is 27.8. The molecular weight excluding hydrogens is 440 g/mol.